The van der Waals surface area contributed by atoms with Crippen LogP contribution < -0.4 is 4.72 Å². The summed E-state index contributed by atoms with van der Waals surface area (Å²) in [6.07, 6.45) is 0. The van der Waals surface area contributed by atoms with Crippen molar-refractivity contribution in [3.8, 4) is 0 Å². The van der Waals surface area contributed by atoms with Crippen LogP contribution in [0.2, 0.25) is 0 Å². The lowest BCUT2D eigenvalue weighted by molar-refractivity contribution is -0.387. The van der Waals surface area contributed by atoms with Crippen LogP contribution in [-0.2, 0) is 21.6 Å². The molecule has 0 unspecified atom stereocenters. The first kappa shape index (κ1) is 17.6. The van der Waals surface area contributed by atoms with Crippen molar-refractivity contribution in [3.63, 3.8) is 0 Å². The zero-order valence-corrected chi connectivity index (χ0v) is 12.8. The molecule has 22 heavy (non-hydrogen) atoms. The summed E-state index contributed by atoms with van der Waals surface area (Å²) >= 11 is 0. The van der Waals surface area contributed by atoms with E-state index in [1.54, 1.807) is 24.3 Å². The van der Waals surface area contributed by atoms with Crippen LogP contribution in [0.1, 0.15) is 0 Å². The van der Waals surface area contributed by atoms with E-state index in [2.05, 4.69) is 4.72 Å². The Bertz CT molecular complexity index is 771. The molecule has 0 saturated carbocycles. The molecule has 2 rings (SSSR count). The minimum absolute atomic E-state index is 0.252. The van der Waals surface area contributed by atoms with E-state index in [0.717, 1.165) is 6.07 Å². The highest BCUT2D eigenvalue weighted by Gasteiger charge is 2.13. The molecule has 0 saturated heterocycles. The average Bonchev–Trinajstić information content (AvgIpc) is 2.48. The van der Waals surface area contributed by atoms with Crippen LogP contribution in [0.15, 0.2) is 59.5 Å². The van der Waals surface area contributed by atoms with Crippen molar-refractivity contribution in [2.24, 2.45) is 0 Å². The molecule has 2 aromatic rings. The van der Waals surface area contributed by atoms with Crippen molar-refractivity contribution < 1.29 is 21.8 Å². The van der Waals surface area contributed by atoms with Gasteiger partial charge >= 0.3 is 0 Å². The predicted molar refractivity (Wildman–Crippen MR) is 82.1 cm³/mol. The Labute approximate surface area is 129 Å². The highest BCUT2D eigenvalue weighted by atomic mass is 32.2. The van der Waals surface area contributed by atoms with Crippen LogP contribution in [-0.4, -0.2) is 21.8 Å². The molecule has 8 nitrogen and oxygen atoms in total. The van der Waals surface area contributed by atoms with Gasteiger partial charge in [0.15, 0.2) is 10.7 Å². The smallest absolute Gasteiger partial charge is 0.286 e. The quantitative estimate of drug-likeness (QED) is 0.435. The summed E-state index contributed by atoms with van der Waals surface area (Å²) in [5.74, 6) is 0. The second-order valence-electron chi connectivity index (χ2n) is 3.74. The number of hydrogen-bond acceptors (Lipinski definition) is 6. The summed E-state index contributed by atoms with van der Waals surface area (Å²) in [5, 5.41) is 10.3. The molecule has 0 spiro atoms. The van der Waals surface area contributed by atoms with Gasteiger partial charge in [-0.15, -0.1) is 0 Å². The van der Waals surface area contributed by atoms with Gasteiger partial charge in [0.2, 0.25) is 10.9 Å². The van der Waals surface area contributed by atoms with Gasteiger partial charge in [0, 0.05) is 11.8 Å². The standard InChI is InChI=1S/C6H5NO4S.C6H7NO2S/c8-7(9)5-3-1-2-4-6(5)12(10)11;8-10(9)7-6-4-2-1-3-5-6/h1-4,12H;1-5,10H,(H,7,8,9). The molecule has 0 aliphatic heterocycles. The molecule has 2 aromatic carbocycles. The molecule has 0 aliphatic carbocycles. The Morgan fingerprint density at radius 2 is 1.41 bits per heavy atom. The number of nitrogens with zero attached hydrogens (tertiary/aromatic N) is 1. The third kappa shape index (κ3) is 5.89. The SMILES string of the molecule is O=[N+]([O-])c1ccccc1[SH](=O)=O.O=[SH](=O)Nc1ccccc1. The molecular formula is C12H12N2O6S2. The number of benzene rings is 2. The van der Waals surface area contributed by atoms with E-state index in [1.165, 1.54) is 18.2 Å². The summed E-state index contributed by atoms with van der Waals surface area (Å²) in [7, 11) is -5.42. The molecule has 0 aromatic heterocycles. The van der Waals surface area contributed by atoms with E-state index in [9.17, 15) is 26.9 Å². The molecule has 1 N–H and O–H groups in total. The van der Waals surface area contributed by atoms with Gasteiger partial charge in [-0.2, -0.15) is 0 Å². The van der Waals surface area contributed by atoms with E-state index in [0.29, 0.717) is 5.69 Å². The topological polar surface area (TPSA) is 123 Å². The van der Waals surface area contributed by atoms with E-state index < -0.39 is 26.5 Å². The first-order valence-electron chi connectivity index (χ1n) is 5.75. The maximum atomic E-state index is 10.5. The predicted octanol–water partition coefficient (Wildman–Crippen LogP) is 1.19. The first-order chi connectivity index (χ1) is 10.4. The average molecular weight is 344 g/mol. The number of thiol groups is 2. The van der Waals surface area contributed by atoms with E-state index in [4.69, 9.17) is 0 Å². The highest BCUT2D eigenvalue weighted by Crippen LogP contribution is 2.18. The van der Waals surface area contributed by atoms with Crippen molar-refractivity contribution in [1.82, 2.24) is 0 Å². The monoisotopic (exact) mass is 344 g/mol. The summed E-state index contributed by atoms with van der Waals surface area (Å²) < 4.78 is 43.4. The first-order valence-corrected chi connectivity index (χ1v) is 8.11. The molecular weight excluding hydrogens is 332 g/mol. The fraction of sp³-hybridized carbons (Fsp3) is 0. The van der Waals surface area contributed by atoms with E-state index >= 15 is 0 Å². The molecule has 0 fully saturated rings. The number of nitrogens with one attached hydrogen (secondary N) is 1. The summed E-state index contributed by atoms with van der Waals surface area (Å²) in [5.41, 5.74) is 0.215. The minimum atomic E-state index is -2.89. The van der Waals surface area contributed by atoms with E-state index in [1.807, 2.05) is 6.07 Å². The molecule has 0 aliphatic rings. The summed E-state index contributed by atoms with van der Waals surface area (Å²) in [4.78, 5) is 9.29. The summed E-state index contributed by atoms with van der Waals surface area (Å²) in [6, 6.07) is 13.9. The molecule has 10 heteroatoms. The Balaban J connectivity index is 0.000000224. The van der Waals surface area contributed by atoms with Crippen LogP contribution in [0.3, 0.4) is 0 Å². The normalized spacial score (nSPS) is 9.91. The lowest BCUT2D eigenvalue weighted by atomic mass is 10.3. The van der Waals surface area contributed by atoms with Crippen molar-refractivity contribution in [1.29, 1.82) is 0 Å². The summed E-state index contributed by atoms with van der Waals surface area (Å²) in [6.45, 7) is 0. The minimum Gasteiger partial charge on any atom is -0.286 e. The zero-order chi connectivity index (χ0) is 16.5. The van der Waals surface area contributed by atoms with Gasteiger partial charge in [-0.25, -0.2) is 16.8 Å². The van der Waals surface area contributed by atoms with Crippen LogP contribution >= 0.6 is 0 Å². The molecule has 0 bridgehead atoms. The third-order valence-electron chi connectivity index (χ3n) is 2.27. The van der Waals surface area contributed by atoms with Crippen LogP contribution in [0, 0.1) is 10.1 Å². The highest BCUT2D eigenvalue weighted by molar-refractivity contribution is 7.73. The van der Waals surface area contributed by atoms with Crippen molar-refractivity contribution >= 4 is 33.0 Å². The Morgan fingerprint density at radius 3 is 1.86 bits per heavy atom. The Hall–Kier alpha value is -2.46. The van der Waals surface area contributed by atoms with Crippen LogP contribution in [0.4, 0.5) is 11.4 Å². The number of nitro benzene ring substituents is 1. The van der Waals surface area contributed by atoms with E-state index in [-0.39, 0.29) is 10.6 Å². The molecule has 0 amide bonds. The number of nitro groups is 1. The van der Waals surface area contributed by atoms with Crippen molar-refractivity contribution in [2.45, 2.75) is 4.90 Å². The van der Waals surface area contributed by atoms with Gasteiger partial charge in [0.1, 0.15) is 4.90 Å². The number of para-hydroxylation sites is 2. The third-order valence-corrected chi connectivity index (χ3v) is 3.48. The fourth-order valence-electron chi connectivity index (χ4n) is 1.39. The molecule has 0 atom stereocenters. The molecule has 118 valence electrons. The lowest BCUT2D eigenvalue weighted by Crippen LogP contribution is -1.93. The van der Waals surface area contributed by atoms with Gasteiger partial charge in [0.25, 0.3) is 5.69 Å². The van der Waals surface area contributed by atoms with Crippen LogP contribution in [0.25, 0.3) is 0 Å². The zero-order valence-electron chi connectivity index (χ0n) is 11.0. The van der Waals surface area contributed by atoms with Crippen molar-refractivity contribution in [3.05, 3.63) is 64.7 Å². The number of hydrogen-bond donors (Lipinski definition) is 3. The Morgan fingerprint density at radius 1 is 0.864 bits per heavy atom. The Kier molecular flexibility index (Phi) is 6.99. The lowest BCUT2D eigenvalue weighted by Gasteiger charge is -1.94. The maximum absolute atomic E-state index is 10.5. The van der Waals surface area contributed by atoms with Gasteiger partial charge in [-0.05, 0) is 18.2 Å². The van der Waals surface area contributed by atoms with Gasteiger partial charge < -0.3 is 0 Å². The van der Waals surface area contributed by atoms with Crippen LogP contribution in [0.5, 0.6) is 0 Å². The van der Waals surface area contributed by atoms with Gasteiger partial charge in [0.05, 0.1) is 4.92 Å². The number of rotatable bonds is 4. The molecule has 0 radical (unpaired) electrons. The van der Waals surface area contributed by atoms with Crippen molar-refractivity contribution in [2.75, 3.05) is 4.72 Å². The largest absolute Gasteiger partial charge is 0.287 e. The second-order valence-corrected chi connectivity index (χ2v) is 5.47. The fourth-order valence-corrected chi connectivity index (χ4v) is 2.30. The maximum Gasteiger partial charge on any atom is 0.287 e. The van der Waals surface area contributed by atoms with Gasteiger partial charge in [-0.3, -0.25) is 14.8 Å². The second kappa shape index (κ2) is 8.74. The van der Waals surface area contributed by atoms with Gasteiger partial charge in [-0.1, -0.05) is 30.3 Å². The molecule has 0 heterocycles. The number of anilines is 1.